The summed E-state index contributed by atoms with van der Waals surface area (Å²) in [7, 11) is 0. The topological polar surface area (TPSA) is 26.0 Å². The van der Waals surface area contributed by atoms with E-state index in [9.17, 15) is 0 Å². The maximum absolute atomic E-state index is 6.18. The fraction of sp³-hybridized carbons (Fsp3) is 0.571. The van der Waals surface area contributed by atoms with Crippen LogP contribution in [0.2, 0.25) is 5.02 Å². The van der Waals surface area contributed by atoms with E-state index in [1.807, 2.05) is 6.07 Å². The molecule has 1 atom stereocenters. The largest absolute Gasteiger partial charge is 0.324 e. The van der Waals surface area contributed by atoms with Crippen molar-refractivity contribution in [1.82, 2.24) is 0 Å². The molecule has 16 heavy (non-hydrogen) atoms. The van der Waals surface area contributed by atoms with Crippen molar-refractivity contribution in [2.45, 2.75) is 51.0 Å². The molecule has 0 aliphatic heterocycles. The molecule has 1 aromatic carbocycles. The number of rotatable bonds is 2. The quantitative estimate of drug-likeness (QED) is 0.820. The highest BCUT2D eigenvalue weighted by Crippen LogP contribution is 2.46. The molecule has 0 spiro atoms. The smallest absolute Gasteiger partial charge is 0.0409 e. The van der Waals surface area contributed by atoms with Crippen LogP contribution in [-0.4, -0.2) is 0 Å². The van der Waals surface area contributed by atoms with Crippen LogP contribution >= 0.6 is 11.6 Å². The van der Waals surface area contributed by atoms with Crippen molar-refractivity contribution in [3.05, 3.63) is 34.3 Å². The molecule has 1 aromatic rings. The first-order chi connectivity index (χ1) is 7.63. The molecule has 1 aliphatic carbocycles. The second-order valence-electron chi connectivity index (χ2n) is 4.86. The van der Waals surface area contributed by atoms with E-state index >= 15 is 0 Å². The number of nitrogens with two attached hydrogens (primary N) is 1. The molecule has 2 N–H and O–H groups in total. The standard InChI is InChI=1S/C14H20ClN/c1-3-14(4-2)8-7-13(16)11-6-5-10(15)9-12(11)14/h5-6,9,13H,3-4,7-8,16H2,1-2H3. The monoisotopic (exact) mass is 237 g/mol. The number of halogens is 1. The van der Waals surface area contributed by atoms with Crippen molar-refractivity contribution in [3.63, 3.8) is 0 Å². The van der Waals surface area contributed by atoms with E-state index in [0.29, 0.717) is 5.41 Å². The summed E-state index contributed by atoms with van der Waals surface area (Å²) >= 11 is 6.12. The minimum atomic E-state index is 0.193. The fourth-order valence-electron chi connectivity index (χ4n) is 3.02. The molecule has 1 nitrogen and oxygen atoms in total. The molecule has 88 valence electrons. The van der Waals surface area contributed by atoms with Crippen molar-refractivity contribution in [2.24, 2.45) is 5.73 Å². The molecule has 0 amide bonds. The summed E-state index contributed by atoms with van der Waals surface area (Å²) in [5.41, 5.74) is 9.18. The average Bonchev–Trinajstić information content (AvgIpc) is 2.30. The molecule has 0 heterocycles. The van der Waals surface area contributed by atoms with Crippen molar-refractivity contribution >= 4 is 11.6 Å². The Hall–Kier alpha value is -0.530. The van der Waals surface area contributed by atoms with E-state index in [-0.39, 0.29) is 6.04 Å². The lowest BCUT2D eigenvalue weighted by Crippen LogP contribution is -2.33. The maximum Gasteiger partial charge on any atom is 0.0409 e. The molecule has 0 saturated heterocycles. The Kier molecular flexibility index (Phi) is 3.27. The average molecular weight is 238 g/mol. The van der Waals surface area contributed by atoms with Gasteiger partial charge in [-0.2, -0.15) is 0 Å². The molecule has 1 unspecified atom stereocenters. The lowest BCUT2D eigenvalue weighted by Gasteiger charge is -2.40. The summed E-state index contributed by atoms with van der Waals surface area (Å²) in [6, 6.07) is 6.39. The van der Waals surface area contributed by atoms with Gasteiger partial charge in [0.25, 0.3) is 0 Å². The Morgan fingerprint density at radius 3 is 2.69 bits per heavy atom. The summed E-state index contributed by atoms with van der Waals surface area (Å²) < 4.78 is 0. The first kappa shape index (κ1) is 11.9. The second kappa shape index (κ2) is 4.38. The van der Waals surface area contributed by atoms with Crippen molar-refractivity contribution in [2.75, 3.05) is 0 Å². The van der Waals surface area contributed by atoms with Crippen molar-refractivity contribution in [1.29, 1.82) is 0 Å². The van der Waals surface area contributed by atoms with E-state index < -0.39 is 0 Å². The molecule has 2 rings (SSSR count). The lowest BCUT2D eigenvalue weighted by atomic mass is 9.66. The number of fused-ring (bicyclic) bond motifs is 1. The van der Waals surface area contributed by atoms with Crippen LogP contribution in [0.5, 0.6) is 0 Å². The first-order valence-corrected chi connectivity index (χ1v) is 6.56. The van der Waals surface area contributed by atoms with Gasteiger partial charge in [0, 0.05) is 11.1 Å². The molecule has 0 radical (unpaired) electrons. The zero-order chi connectivity index (χ0) is 11.8. The van der Waals surface area contributed by atoms with Gasteiger partial charge in [-0.3, -0.25) is 0 Å². The van der Waals surface area contributed by atoms with Crippen LogP contribution in [0.25, 0.3) is 0 Å². The highest BCUT2D eigenvalue weighted by Gasteiger charge is 2.36. The molecular formula is C14H20ClN. The van der Waals surface area contributed by atoms with Gasteiger partial charge in [0.05, 0.1) is 0 Å². The number of hydrogen-bond acceptors (Lipinski definition) is 1. The van der Waals surface area contributed by atoms with Gasteiger partial charge in [-0.05, 0) is 54.4 Å². The van der Waals surface area contributed by atoms with Crippen molar-refractivity contribution < 1.29 is 0 Å². The summed E-state index contributed by atoms with van der Waals surface area (Å²) in [5, 5.41) is 0.833. The van der Waals surface area contributed by atoms with Gasteiger partial charge in [-0.1, -0.05) is 31.5 Å². The van der Waals surface area contributed by atoms with Crippen molar-refractivity contribution in [3.8, 4) is 0 Å². The molecule has 1 aliphatic rings. The second-order valence-corrected chi connectivity index (χ2v) is 5.30. The van der Waals surface area contributed by atoms with Gasteiger partial charge >= 0.3 is 0 Å². The molecular weight excluding hydrogens is 218 g/mol. The predicted octanol–water partition coefficient (Wildman–Crippen LogP) is 4.19. The van der Waals surface area contributed by atoms with E-state index in [1.54, 1.807) is 0 Å². The predicted molar refractivity (Wildman–Crippen MR) is 69.9 cm³/mol. The van der Waals surface area contributed by atoms with Gasteiger partial charge in [-0.15, -0.1) is 0 Å². The Bertz CT molecular complexity index is 382. The van der Waals surface area contributed by atoms with E-state index in [1.165, 1.54) is 30.4 Å². The van der Waals surface area contributed by atoms with Crippen LogP contribution in [0.3, 0.4) is 0 Å². The molecule has 2 heteroatoms. The third kappa shape index (κ3) is 1.76. The molecule has 0 aromatic heterocycles. The van der Waals surface area contributed by atoms with Crippen LogP contribution in [0.1, 0.15) is 56.7 Å². The lowest BCUT2D eigenvalue weighted by molar-refractivity contribution is 0.315. The Balaban J connectivity index is 2.57. The molecule has 0 fully saturated rings. The maximum atomic E-state index is 6.18. The summed E-state index contributed by atoms with van der Waals surface area (Å²) in [5.74, 6) is 0. The number of benzene rings is 1. The van der Waals surface area contributed by atoms with Crippen LogP contribution in [0.15, 0.2) is 18.2 Å². The SMILES string of the molecule is CCC1(CC)CCC(N)c2ccc(Cl)cc21. The van der Waals surface area contributed by atoms with Crippen LogP contribution in [0.4, 0.5) is 0 Å². The third-order valence-corrected chi connectivity index (χ3v) is 4.51. The van der Waals surface area contributed by atoms with E-state index in [0.717, 1.165) is 11.4 Å². The minimum Gasteiger partial charge on any atom is -0.324 e. The third-order valence-electron chi connectivity index (χ3n) is 4.27. The first-order valence-electron chi connectivity index (χ1n) is 6.18. The van der Waals surface area contributed by atoms with E-state index in [4.69, 9.17) is 17.3 Å². The summed E-state index contributed by atoms with van der Waals surface area (Å²) in [4.78, 5) is 0. The van der Waals surface area contributed by atoms with Gasteiger partial charge in [0.15, 0.2) is 0 Å². The highest BCUT2D eigenvalue weighted by molar-refractivity contribution is 6.30. The molecule has 0 saturated carbocycles. The summed E-state index contributed by atoms with van der Waals surface area (Å²) in [6.45, 7) is 4.54. The normalized spacial score (nSPS) is 22.9. The Labute approximate surface area is 103 Å². The Morgan fingerprint density at radius 1 is 1.38 bits per heavy atom. The zero-order valence-corrected chi connectivity index (χ0v) is 10.8. The van der Waals surface area contributed by atoms with Gasteiger partial charge in [-0.25, -0.2) is 0 Å². The van der Waals surface area contributed by atoms with Gasteiger partial charge in [0.2, 0.25) is 0 Å². The number of hydrogen-bond donors (Lipinski definition) is 1. The van der Waals surface area contributed by atoms with Crippen LogP contribution < -0.4 is 5.73 Å². The van der Waals surface area contributed by atoms with Gasteiger partial charge < -0.3 is 5.73 Å². The minimum absolute atomic E-state index is 0.193. The zero-order valence-electron chi connectivity index (χ0n) is 10.1. The summed E-state index contributed by atoms with van der Waals surface area (Å²) in [6.07, 6.45) is 4.62. The van der Waals surface area contributed by atoms with Gasteiger partial charge in [0.1, 0.15) is 0 Å². The van der Waals surface area contributed by atoms with Crippen LogP contribution in [-0.2, 0) is 5.41 Å². The fourth-order valence-corrected chi connectivity index (χ4v) is 3.19. The van der Waals surface area contributed by atoms with Crippen LogP contribution in [0, 0.1) is 0 Å². The molecule has 0 bridgehead atoms. The Morgan fingerprint density at radius 2 is 2.06 bits per heavy atom. The van der Waals surface area contributed by atoms with E-state index in [2.05, 4.69) is 26.0 Å². The highest BCUT2D eigenvalue weighted by atomic mass is 35.5.